The minimum absolute atomic E-state index is 0.148. The van der Waals surface area contributed by atoms with Crippen LogP contribution in [-0.4, -0.2) is 10.2 Å². The minimum atomic E-state index is -0.282. The standard InChI is InChI=1S/C42H52Cl2O2S/c1-39(2,3)31-21-27(22-32(35(31)45)40(4,5)6)37(25-15-13-17-29(43)19-25)47-38(26-16-14-18-30(44)20-26)28-23-33(41(7,8)9)36(46)34(24-28)42(10,11)12/h13-24,37-38,45-46H,1-12H3. The molecule has 0 amide bonds. The molecule has 47 heavy (non-hydrogen) atoms. The van der Waals surface area contributed by atoms with Gasteiger partial charge in [0, 0.05) is 10.0 Å². The zero-order chi connectivity index (χ0) is 35.3. The molecular formula is C42H52Cl2O2S. The zero-order valence-electron chi connectivity index (χ0n) is 30.1. The SMILES string of the molecule is CC(C)(C)c1cc(C(SC(c2cccc(Cl)c2)c2cc(C(C)(C)C)c(O)c(C(C)(C)C)c2)c2cccc(Cl)c2)cc(C(C)(C)C)c1O. The first-order valence-corrected chi connectivity index (χ1v) is 18.1. The average Bonchev–Trinajstić information content (AvgIpc) is 2.92. The van der Waals surface area contributed by atoms with Gasteiger partial charge in [-0.05, 0) is 90.4 Å². The molecule has 2 atom stereocenters. The second-order valence-corrected chi connectivity index (χ2v) is 19.0. The smallest absolute Gasteiger partial charge is 0.123 e. The molecule has 0 aliphatic carbocycles. The van der Waals surface area contributed by atoms with Gasteiger partial charge in [0.1, 0.15) is 11.5 Å². The monoisotopic (exact) mass is 690 g/mol. The van der Waals surface area contributed by atoms with E-state index in [1.807, 2.05) is 48.2 Å². The quantitative estimate of drug-likeness (QED) is 0.211. The summed E-state index contributed by atoms with van der Waals surface area (Å²) in [6.45, 7) is 25.8. The highest BCUT2D eigenvalue weighted by molar-refractivity contribution is 8.00. The Morgan fingerprint density at radius 1 is 0.447 bits per heavy atom. The van der Waals surface area contributed by atoms with E-state index in [-0.39, 0.29) is 32.2 Å². The van der Waals surface area contributed by atoms with Crippen LogP contribution in [0.1, 0.15) is 138 Å². The largest absolute Gasteiger partial charge is 0.507 e. The van der Waals surface area contributed by atoms with E-state index in [2.05, 4.69) is 119 Å². The lowest BCUT2D eigenvalue weighted by Gasteiger charge is -2.33. The summed E-state index contributed by atoms with van der Waals surface area (Å²) in [6, 6.07) is 24.9. The molecule has 0 aromatic heterocycles. The number of aromatic hydroxyl groups is 2. The van der Waals surface area contributed by atoms with Crippen LogP contribution >= 0.6 is 35.0 Å². The Bertz CT molecular complexity index is 1550. The Morgan fingerprint density at radius 2 is 0.723 bits per heavy atom. The number of thioether (sulfide) groups is 1. The first-order valence-electron chi connectivity index (χ1n) is 16.4. The van der Waals surface area contributed by atoms with E-state index >= 15 is 0 Å². The predicted molar refractivity (Wildman–Crippen MR) is 205 cm³/mol. The first-order chi connectivity index (χ1) is 21.5. The lowest BCUT2D eigenvalue weighted by molar-refractivity contribution is 0.422. The van der Waals surface area contributed by atoms with Crippen molar-refractivity contribution < 1.29 is 10.2 Å². The molecule has 5 heteroatoms. The van der Waals surface area contributed by atoms with Crippen LogP contribution in [0.3, 0.4) is 0 Å². The van der Waals surface area contributed by atoms with E-state index in [1.54, 1.807) is 0 Å². The molecule has 4 rings (SSSR count). The maximum atomic E-state index is 11.6. The van der Waals surface area contributed by atoms with Gasteiger partial charge in [0.15, 0.2) is 0 Å². The molecular weight excluding hydrogens is 639 g/mol. The highest BCUT2D eigenvalue weighted by Gasteiger charge is 2.33. The van der Waals surface area contributed by atoms with Gasteiger partial charge in [-0.1, -0.05) is 155 Å². The summed E-state index contributed by atoms with van der Waals surface area (Å²) >= 11 is 15.2. The molecule has 0 heterocycles. The average molecular weight is 692 g/mol. The number of benzene rings is 4. The molecule has 0 saturated carbocycles. The number of rotatable bonds is 6. The summed E-state index contributed by atoms with van der Waals surface area (Å²) in [5.74, 6) is 0.719. The van der Waals surface area contributed by atoms with Gasteiger partial charge in [-0.25, -0.2) is 0 Å². The Hall–Kier alpha value is -2.59. The zero-order valence-corrected chi connectivity index (χ0v) is 32.5. The third-order valence-electron chi connectivity index (χ3n) is 8.68. The minimum Gasteiger partial charge on any atom is -0.507 e. The first kappa shape index (κ1) is 37.2. The second-order valence-electron chi connectivity index (χ2n) is 16.9. The lowest BCUT2D eigenvalue weighted by Crippen LogP contribution is -2.19. The van der Waals surface area contributed by atoms with Gasteiger partial charge in [-0.3, -0.25) is 0 Å². The third-order valence-corrected chi connectivity index (χ3v) is 10.8. The Balaban J connectivity index is 2.09. The molecule has 252 valence electrons. The van der Waals surface area contributed by atoms with E-state index in [0.29, 0.717) is 21.5 Å². The lowest BCUT2D eigenvalue weighted by atomic mass is 9.78. The van der Waals surface area contributed by atoms with Crippen molar-refractivity contribution in [1.82, 2.24) is 0 Å². The van der Waals surface area contributed by atoms with Gasteiger partial charge in [-0.15, -0.1) is 11.8 Å². The summed E-state index contributed by atoms with van der Waals surface area (Å²) in [5, 5.41) is 24.3. The molecule has 4 aromatic rings. The fourth-order valence-corrected chi connectivity index (χ4v) is 7.94. The second kappa shape index (κ2) is 13.4. The van der Waals surface area contributed by atoms with Crippen LogP contribution in [0.5, 0.6) is 11.5 Å². The summed E-state index contributed by atoms with van der Waals surface area (Å²) in [6.07, 6.45) is 0. The van der Waals surface area contributed by atoms with E-state index in [4.69, 9.17) is 23.2 Å². The summed E-state index contributed by atoms with van der Waals surface area (Å²) in [7, 11) is 0. The summed E-state index contributed by atoms with van der Waals surface area (Å²) < 4.78 is 0. The van der Waals surface area contributed by atoms with Crippen LogP contribution < -0.4 is 0 Å². The van der Waals surface area contributed by atoms with Gasteiger partial charge < -0.3 is 10.2 Å². The highest BCUT2D eigenvalue weighted by atomic mass is 35.5. The molecule has 0 aliphatic rings. The van der Waals surface area contributed by atoms with Crippen LogP contribution in [0, 0.1) is 0 Å². The van der Waals surface area contributed by atoms with Crippen LogP contribution in [0.4, 0.5) is 0 Å². The van der Waals surface area contributed by atoms with E-state index in [9.17, 15) is 10.2 Å². The van der Waals surface area contributed by atoms with Crippen molar-refractivity contribution in [2.45, 2.75) is 115 Å². The fraction of sp³-hybridized carbons (Fsp3) is 0.429. The molecule has 2 nitrogen and oxygen atoms in total. The maximum absolute atomic E-state index is 11.6. The summed E-state index contributed by atoms with van der Waals surface area (Å²) in [4.78, 5) is 0. The Labute approximate surface area is 297 Å². The molecule has 0 radical (unpaired) electrons. The van der Waals surface area contributed by atoms with Crippen molar-refractivity contribution in [1.29, 1.82) is 0 Å². The number of hydrogen-bond acceptors (Lipinski definition) is 3. The van der Waals surface area contributed by atoms with Crippen LogP contribution in [0.25, 0.3) is 0 Å². The van der Waals surface area contributed by atoms with Crippen LogP contribution in [0.15, 0.2) is 72.8 Å². The van der Waals surface area contributed by atoms with Crippen LogP contribution in [0.2, 0.25) is 10.0 Å². The van der Waals surface area contributed by atoms with Gasteiger partial charge in [0.2, 0.25) is 0 Å². The van der Waals surface area contributed by atoms with Gasteiger partial charge in [-0.2, -0.15) is 0 Å². The molecule has 2 N–H and O–H groups in total. The van der Waals surface area contributed by atoms with Crippen molar-refractivity contribution in [3.63, 3.8) is 0 Å². The van der Waals surface area contributed by atoms with E-state index in [1.165, 1.54) is 0 Å². The third kappa shape index (κ3) is 8.53. The summed E-state index contributed by atoms with van der Waals surface area (Å²) in [5.41, 5.74) is 6.90. The molecule has 0 bridgehead atoms. The normalized spacial score (nSPS) is 14.3. The van der Waals surface area contributed by atoms with Gasteiger partial charge >= 0.3 is 0 Å². The van der Waals surface area contributed by atoms with E-state index in [0.717, 1.165) is 44.5 Å². The topological polar surface area (TPSA) is 40.5 Å². The van der Waals surface area contributed by atoms with Crippen molar-refractivity contribution in [2.24, 2.45) is 0 Å². The number of phenolic OH excluding ortho intramolecular Hbond substituents is 2. The molecule has 0 saturated heterocycles. The van der Waals surface area contributed by atoms with Gasteiger partial charge in [0.25, 0.3) is 0 Å². The molecule has 0 fully saturated rings. The fourth-order valence-electron chi connectivity index (χ4n) is 6.08. The molecule has 0 aliphatic heterocycles. The molecule has 4 aromatic carbocycles. The van der Waals surface area contributed by atoms with Crippen molar-refractivity contribution in [3.8, 4) is 11.5 Å². The Kier molecular flexibility index (Phi) is 10.6. The van der Waals surface area contributed by atoms with Crippen molar-refractivity contribution in [3.05, 3.63) is 127 Å². The number of phenols is 2. The highest BCUT2D eigenvalue weighted by Crippen LogP contribution is 2.52. The van der Waals surface area contributed by atoms with Crippen molar-refractivity contribution >= 4 is 35.0 Å². The number of halogens is 2. The van der Waals surface area contributed by atoms with Gasteiger partial charge in [0.05, 0.1) is 10.5 Å². The Morgan fingerprint density at radius 3 is 0.957 bits per heavy atom. The van der Waals surface area contributed by atoms with E-state index < -0.39 is 0 Å². The van der Waals surface area contributed by atoms with Crippen molar-refractivity contribution in [2.75, 3.05) is 0 Å². The maximum Gasteiger partial charge on any atom is 0.123 e. The number of hydrogen-bond donors (Lipinski definition) is 2. The molecule has 0 spiro atoms. The molecule has 2 unspecified atom stereocenters. The van der Waals surface area contributed by atoms with Crippen LogP contribution in [-0.2, 0) is 21.7 Å². The predicted octanol–water partition coefficient (Wildman–Crippen LogP) is 13.2.